The Bertz CT molecular complexity index is 1480. The molecule has 1 aliphatic rings. The number of imidazole rings is 1. The van der Waals surface area contributed by atoms with Crippen LogP contribution in [0.4, 0.5) is 0 Å². The molecule has 0 radical (unpaired) electrons. The number of benzene rings is 1. The molecule has 0 amide bonds. The number of fused-ring (bicyclic) bond motifs is 1. The maximum atomic E-state index is 12.9. The number of hydrogen-bond acceptors (Lipinski definition) is 8. The zero-order chi connectivity index (χ0) is 26.9. The Morgan fingerprint density at radius 1 is 1.00 bits per heavy atom. The number of hydrogen-bond donors (Lipinski definition) is 1. The highest BCUT2D eigenvalue weighted by molar-refractivity contribution is 7.91. The van der Waals surface area contributed by atoms with Crippen molar-refractivity contribution >= 4 is 21.0 Å². The van der Waals surface area contributed by atoms with Crippen LogP contribution in [-0.2, 0) is 30.5 Å². The average molecular weight is 533 g/mol. The summed E-state index contributed by atoms with van der Waals surface area (Å²) in [5, 5.41) is 10.6. The fraction of sp³-hybridized carbons (Fsp3) is 0.560. The van der Waals surface area contributed by atoms with Crippen LogP contribution in [0.2, 0.25) is 0 Å². The van der Waals surface area contributed by atoms with E-state index < -0.39 is 15.9 Å². The maximum absolute atomic E-state index is 12.9. The van der Waals surface area contributed by atoms with Crippen LogP contribution in [0.5, 0.6) is 0 Å². The molecule has 3 heterocycles. The minimum atomic E-state index is -3.59. The monoisotopic (exact) mass is 532 g/mol. The second kappa shape index (κ2) is 10.9. The molecule has 12 heteroatoms. The molecule has 1 saturated heterocycles. The maximum Gasteiger partial charge on any atom is 0.332 e. The van der Waals surface area contributed by atoms with Gasteiger partial charge in [-0.15, -0.1) is 0 Å². The van der Waals surface area contributed by atoms with Gasteiger partial charge in [0.2, 0.25) is 0 Å². The second-order valence-electron chi connectivity index (χ2n) is 9.98. The SMILES string of the molecule is Cc1cccc(C)c1S(=O)(=O)CC(O)CN1CCN(CCCn2c(=O)c3c(ncn3C)n(C)c2=O)CC1. The summed E-state index contributed by atoms with van der Waals surface area (Å²) in [5.74, 6) is -0.302. The van der Waals surface area contributed by atoms with Gasteiger partial charge in [0, 0.05) is 53.4 Å². The molecule has 1 aromatic carbocycles. The van der Waals surface area contributed by atoms with E-state index in [-0.39, 0.29) is 17.0 Å². The first-order valence-electron chi connectivity index (χ1n) is 12.5. The molecule has 0 bridgehead atoms. The molecule has 0 spiro atoms. The van der Waals surface area contributed by atoms with Gasteiger partial charge in [-0.05, 0) is 37.9 Å². The third kappa shape index (κ3) is 5.71. The molecule has 1 fully saturated rings. The molecule has 0 saturated carbocycles. The highest BCUT2D eigenvalue weighted by Crippen LogP contribution is 2.21. The molecule has 2 aromatic heterocycles. The van der Waals surface area contributed by atoms with E-state index in [1.807, 2.05) is 6.07 Å². The quantitative estimate of drug-likeness (QED) is 0.405. The fourth-order valence-electron chi connectivity index (χ4n) is 5.22. The molecule has 0 aliphatic carbocycles. The Kier molecular flexibility index (Phi) is 8.02. The lowest BCUT2D eigenvalue weighted by molar-refractivity contribution is 0.0810. The minimum absolute atomic E-state index is 0.300. The molecular weight excluding hydrogens is 496 g/mol. The summed E-state index contributed by atoms with van der Waals surface area (Å²) in [4.78, 5) is 34.3. The molecule has 1 aliphatic heterocycles. The average Bonchev–Trinajstić information content (AvgIpc) is 3.22. The zero-order valence-corrected chi connectivity index (χ0v) is 22.7. The van der Waals surface area contributed by atoms with Crippen molar-refractivity contribution in [2.24, 2.45) is 14.1 Å². The van der Waals surface area contributed by atoms with Crippen LogP contribution < -0.4 is 11.2 Å². The van der Waals surface area contributed by atoms with Crippen LogP contribution in [0.1, 0.15) is 17.5 Å². The zero-order valence-electron chi connectivity index (χ0n) is 21.9. The predicted molar refractivity (Wildman–Crippen MR) is 142 cm³/mol. The highest BCUT2D eigenvalue weighted by atomic mass is 32.2. The fourth-order valence-corrected chi connectivity index (χ4v) is 7.11. The Hall–Kier alpha value is -2.80. The third-order valence-electron chi connectivity index (χ3n) is 7.12. The van der Waals surface area contributed by atoms with Crippen molar-refractivity contribution in [3.63, 3.8) is 0 Å². The van der Waals surface area contributed by atoms with Gasteiger partial charge in [0.15, 0.2) is 21.0 Å². The van der Waals surface area contributed by atoms with Crippen LogP contribution in [0, 0.1) is 13.8 Å². The molecule has 1 N–H and O–H groups in total. The van der Waals surface area contributed by atoms with Gasteiger partial charge in [-0.25, -0.2) is 18.2 Å². The number of nitrogens with zero attached hydrogens (tertiary/aromatic N) is 6. The largest absolute Gasteiger partial charge is 0.391 e. The van der Waals surface area contributed by atoms with Gasteiger partial charge in [-0.2, -0.15) is 0 Å². The van der Waals surface area contributed by atoms with Crippen molar-refractivity contribution in [2.75, 3.05) is 45.0 Å². The molecule has 202 valence electrons. The molecule has 4 rings (SSSR count). The highest BCUT2D eigenvalue weighted by Gasteiger charge is 2.26. The number of sulfone groups is 1. The van der Waals surface area contributed by atoms with Crippen molar-refractivity contribution < 1.29 is 13.5 Å². The topological polar surface area (TPSA) is 123 Å². The van der Waals surface area contributed by atoms with Gasteiger partial charge >= 0.3 is 5.69 Å². The number of piperazine rings is 1. The van der Waals surface area contributed by atoms with Crippen LogP contribution in [-0.4, -0.2) is 93.1 Å². The summed E-state index contributed by atoms with van der Waals surface area (Å²) in [6, 6.07) is 5.38. The molecular formula is C25H36N6O5S. The lowest BCUT2D eigenvalue weighted by atomic mass is 10.2. The van der Waals surface area contributed by atoms with Gasteiger partial charge in [-0.3, -0.25) is 18.8 Å². The summed E-state index contributed by atoms with van der Waals surface area (Å²) in [6.45, 7) is 7.86. The van der Waals surface area contributed by atoms with E-state index in [1.165, 1.54) is 15.5 Å². The normalized spacial score (nSPS) is 16.5. The number of aryl methyl sites for hydroxylation is 4. The number of aromatic nitrogens is 4. The van der Waals surface area contributed by atoms with Crippen molar-refractivity contribution in [3.05, 3.63) is 56.5 Å². The van der Waals surface area contributed by atoms with E-state index in [1.54, 1.807) is 44.6 Å². The first-order valence-corrected chi connectivity index (χ1v) is 14.2. The van der Waals surface area contributed by atoms with Crippen LogP contribution in [0.3, 0.4) is 0 Å². The second-order valence-corrected chi connectivity index (χ2v) is 11.9. The summed E-state index contributed by atoms with van der Waals surface area (Å²) >= 11 is 0. The van der Waals surface area contributed by atoms with E-state index in [4.69, 9.17) is 0 Å². The lowest BCUT2D eigenvalue weighted by Gasteiger charge is -2.35. The van der Waals surface area contributed by atoms with Crippen molar-refractivity contribution in [3.8, 4) is 0 Å². The van der Waals surface area contributed by atoms with Crippen molar-refractivity contribution in [2.45, 2.75) is 37.8 Å². The van der Waals surface area contributed by atoms with Crippen molar-refractivity contribution in [1.29, 1.82) is 0 Å². The van der Waals surface area contributed by atoms with E-state index in [0.29, 0.717) is 59.8 Å². The predicted octanol–water partition coefficient (Wildman–Crippen LogP) is -0.107. The van der Waals surface area contributed by atoms with E-state index in [2.05, 4.69) is 14.8 Å². The first-order chi connectivity index (χ1) is 17.5. The van der Waals surface area contributed by atoms with E-state index in [0.717, 1.165) is 19.6 Å². The van der Waals surface area contributed by atoms with Gasteiger partial charge < -0.3 is 14.6 Å². The van der Waals surface area contributed by atoms with Gasteiger partial charge in [0.25, 0.3) is 5.56 Å². The minimum Gasteiger partial charge on any atom is -0.391 e. The number of β-amino-alcohol motifs (C(OH)–C–C–N with tert-alkyl or cyclic N) is 1. The summed E-state index contributed by atoms with van der Waals surface area (Å²) in [7, 11) is -0.234. The number of aliphatic hydroxyl groups is 1. The summed E-state index contributed by atoms with van der Waals surface area (Å²) in [5.41, 5.74) is 1.49. The van der Waals surface area contributed by atoms with Crippen LogP contribution in [0.15, 0.2) is 39.0 Å². The number of rotatable bonds is 9. The molecule has 1 unspecified atom stereocenters. The van der Waals surface area contributed by atoms with Gasteiger partial charge in [0.05, 0.1) is 23.1 Å². The van der Waals surface area contributed by atoms with Crippen molar-refractivity contribution in [1.82, 2.24) is 28.5 Å². The van der Waals surface area contributed by atoms with Gasteiger partial charge in [-0.1, -0.05) is 18.2 Å². The number of aliphatic hydroxyl groups excluding tert-OH is 1. The Labute approximate surface area is 216 Å². The Morgan fingerprint density at radius 2 is 1.62 bits per heavy atom. The van der Waals surface area contributed by atoms with Crippen LogP contribution in [0.25, 0.3) is 11.2 Å². The smallest absolute Gasteiger partial charge is 0.332 e. The Balaban J connectivity index is 1.27. The van der Waals surface area contributed by atoms with Gasteiger partial charge in [0.1, 0.15) is 0 Å². The van der Waals surface area contributed by atoms with E-state index in [9.17, 15) is 23.1 Å². The summed E-state index contributed by atoms with van der Waals surface area (Å²) in [6.07, 6.45) is 1.21. The van der Waals surface area contributed by atoms with Crippen LogP contribution >= 0.6 is 0 Å². The van der Waals surface area contributed by atoms with E-state index >= 15 is 0 Å². The lowest BCUT2D eigenvalue weighted by Crippen LogP contribution is -2.49. The molecule has 37 heavy (non-hydrogen) atoms. The third-order valence-corrected chi connectivity index (χ3v) is 9.21. The standard InChI is InChI=1S/C25H36N6O5S/c1-18-7-5-8-19(2)22(18)37(35,36)16-20(32)15-30-13-11-29(12-14-30)9-6-10-31-24(33)21-23(26-17-27(21)3)28(4)25(31)34/h5,7-8,17,20,32H,6,9-16H2,1-4H3. The molecule has 3 aromatic rings. The Morgan fingerprint density at radius 3 is 2.27 bits per heavy atom. The summed E-state index contributed by atoms with van der Waals surface area (Å²) < 4.78 is 30.1. The molecule has 11 nitrogen and oxygen atoms in total. The first kappa shape index (κ1) is 27.2. The molecule has 1 atom stereocenters.